The summed E-state index contributed by atoms with van der Waals surface area (Å²) in [5.74, 6) is 0. The van der Waals surface area contributed by atoms with E-state index >= 15 is 0 Å². The van der Waals surface area contributed by atoms with E-state index in [2.05, 4.69) is 34.8 Å². The number of hydrogen-bond acceptors (Lipinski definition) is 2. The van der Waals surface area contributed by atoms with E-state index in [-0.39, 0.29) is 41.3 Å². The monoisotopic (exact) mass is 346 g/mol. The quantitative estimate of drug-likeness (QED) is 0.770. The van der Waals surface area contributed by atoms with E-state index in [0.29, 0.717) is 0 Å². The van der Waals surface area contributed by atoms with Gasteiger partial charge in [0.15, 0.2) is 0 Å². The van der Waals surface area contributed by atoms with Gasteiger partial charge in [-0.2, -0.15) is 0 Å². The molecule has 0 unspecified atom stereocenters. The van der Waals surface area contributed by atoms with Gasteiger partial charge in [0, 0.05) is 52.4 Å². The van der Waals surface area contributed by atoms with Gasteiger partial charge >= 0.3 is 0 Å². The zero-order chi connectivity index (χ0) is 9.80. The van der Waals surface area contributed by atoms with Crippen molar-refractivity contribution in [2.45, 2.75) is 11.3 Å². The summed E-state index contributed by atoms with van der Waals surface area (Å²) >= 11 is 1.72. The van der Waals surface area contributed by atoms with E-state index in [0.717, 1.165) is 25.2 Å². The Kier molecular flexibility index (Phi) is 6.36. The summed E-state index contributed by atoms with van der Waals surface area (Å²) in [7, 11) is 0. The Hall–Kier alpha value is 0.564. The Balaban J connectivity index is 0.00000112. The Labute approximate surface area is 128 Å². The van der Waals surface area contributed by atoms with Crippen LogP contribution in [0.1, 0.15) is 12.1 Å². The van der Waals surface area contributed by atoms with Crippen molar-refractivity contribution in [2.75, 3.05) is 19.3 Å². The molecule has 1 aliphatic rings. The minimum atomic E-state index is 0. The summed E-state index contributed by atoms with van der Waals surface area (Å²) in [4.78, 5) is 5.66. The van der Waals surface area contributed by atoms with Crippen LogP contribution in [0, 0.1) is 41.3 Å². The van der Waals surface area contributed by atoms with Gasteiger partial charge < -0.3 is 5.32 Å². The summed E-state index contributed by atoms with van der Waals surface area (Å²) in [6, 6.07) is 4.22. The van der Waals surface area contributed by atoms with Gasteiger partial charge in [0.2, 0.25) is 0 Å². The van der Waals surface area contributed by atoms with Gasteiger partial charge in [-0.25, -0.2) is 0 Å². The second-order valence-corrected chi connectivity index (χ2v) is 4.07. The number of nitrogens with zero attached hydrogens (tertiary/aromatic N) is 2. The smallest absolute Gasteiger partial charge is 0.0658 e. The van der Waals surface area contributed by atoms with Gasteiger partial charge in [0.25, 0.3) is 0 Å². The van der Waals surface area contributed by atoms with Gasteiger partial charge in [-0.15, -0.1) is 24.9 Å². The normalized spacial score (nSPS) is 15.4. The molecule has 0 amide bonds. The van der Waals surface area contributed by atoms with Crippen molar-refractivity contribution < 1.29 is 41.3 Å². The molecule has 0 N–H and O–H groups in total. The number of rotatable bonds is 2. The van der Waals surface area contributed by atoms with Crippen molar-refractivity contribution in [1.29, 1.82) is 0 Å². The molecule has 0 saturated carbocycles. The van der Waals surface area contributed by atoms with Crippen molar-refractivity contribution in [2.24, 2.45) is 0 Å². The van der Waals surface area contributed by atoms with E-state index in [1.807, 2.05) is 6.20 Å². The first-order valence-electron chi connectivity index (χ1n) is 4.73. The van der Waals surface area contributed by atoms with Gasteiger partial charge in [-0.3, -0.25) is 4.98 Å². The molecule has 1 radical (unpaired) electrons. The van der Waals surface area contributed by atoms with Crippen LogP contribution in [0.3, 0.4) is 0 Å². The molecule has 0 aromatic carbocycles. The molecule has 0 bridgehead atoms. The molecular weight excluding hydrogens is 333 g/mol. The zero-order valence-electron chi connectivity index (χ0n) is 8.81. The molecule has 4 heteroatoms. The third-order valence-electron chi connectivity index (χ3n) is 2.31. The minimum Gasteiger partial charge on any atom is -0.659 e. The molecule has 77 valence electrons. The third-order valence-corrected chi connectivity index (χ3v) is 3.02. The van der Waals surface area contributed by atoms with E-state index in [1.54, 1.807) is 11.8 Å². The number of pyridine rings is 1. The zero-order valence-corrected chi connectivity index (χ0v) is 13.3. The Morgan fingerprint density at radius 1 is 1.40 bits per heavy atom. The Morgan fingerprint density at radius 3 is 2.80 bits per heavy atom. The summed E-state index contributed by atoms with van der Waals surface area (Å²) in [5, 5.41) is 4.28. The predicted octanol–water partition coefficient (Wildman–Crippen LogP) is 2.96. The average Bonchev–Trinajstić information content (AvgIpc) is 2.30. The molecule has 1 aromatic heterocycles. The SMILES string of the molecule is CSc1ccc(C2=CC[N-]CC2)nc1.[Pr]. The second-order valence-electron chi connectivity index (χ2n) is 3.19. The van der Waals surface area contributed by atoms with Gasteiger partial charge in [-0.05, 0) is 30.4 Å². The van der Waals surface area contributed by atoms with E-state index in [9.17, 15) is 0 Å². The van der Waals surface area contributed by atoms with Crippen LogP contribution in [0.2, 0.25) is 0 Å². The molecule has 0 spiro atoms. The van der Waals surface area contributed by atoms with Crippen LogP contribution in [0.4, 0.5) is 0 Å². The largest absolute Gasteiger partial charge is 0.659 e. The molecule has 0 saturated heterocycles. The van der Waals surface area contributed by atoms with E-state index in [1.165, 1.54) is 10.5 Å². The summed E-state index contributed by atoms with van der Waals surface area (Å²) in [5.41, 5.74) is 2.45. The maximum absolute atomic E-state index is 4.44. The van der Waals surface area contributed by atoms with Crippen LogP contribution in [0.25, 0.3) is 10.9 Å². The van der Waals surface area contributed by atoms with Crippen LogP contribution in [-0.2, 0) is 0 Å². The second kappa shape index (κ2) is 7.00. The first-order valence-corrected chi connectivity index (χ1v) is 5.95. The maximum Gasteiger partial charge on any atom is 0.0658 e. The summed E-state index contributed by atoms with van der Waals surface area (Å²) in [6.07, 6.45) is 7.21. The topological polar surface area (TPSA) is 27.0 Å². The van der Waals surface area contributed by atoms with E-state index in [4.69, 9.17) is 0 Å². The van der Waals surface area contributed by atoms with Crippen LogP contribution >= 0.6 is 11.8 Å². The molecule has 2 heterocycles. The molecule has 0 aliphatic carbocycles. The molecule has 1 aromatic rings. The fraction of sp³-hybridized carbons (Fsp3) is 0.364. The minimum absolute atomic E-state index is 0. The van der Waals surface area contributed by atoms with Gasteiger partial charge in [0.1, 0.15) is 0 Å². The third kappa shape index (κ3) is 3.81. The first-order chi connectivity index (χ1) is 6.90. The van der Waals surface area contributed by atoms with Crippen LogP contribution in [0.15, 0.2) is 29.3 Å². The maximum atomic E-state index is 4.44. The molecule has 2 rings (SSSR count). The van der Waals surface area contributed by atoms with Gasteiger partial charge in [0.05, 0.1) is 5.69 Å². The fourth-order valence-corrected chi connectivity index (χ4v) is 1.85. The molecule has 1 aliphatic heterocycles. The van der Waals surface area contributed by atoms with Crippen LogP contribution in [0.5, 0.6) is 0 Å². The summed E-state index contributed by atoms with van der Waals surface area (Å²) < 4.78 is 0. The van der Waals surface area contributed by atoms with E-state index < -0.39 is 0 Å². The van der Waals surface area contributed by atoms with Crippen molar-refractivity contribution in [3.63, 3.8) is 0 Å². The van der Waals surface area contributed by atoms with Crippen molar-refractivity contribution in [3.8, 4) is 0 Å². The predicted molar refractivity (Wildman–Crippen MR) is 61.7 cm³/mol. The number of thioether (sulfide) groups is 1. The Morgan fingerprint density at radius 2 is 2.27 bits per heavy atom. The van der Waals surface area contributed by atoms with Crippen molar-refractivity contribution >= 4 is 17.3 Å². The molecule has 0 fully saturated rings. The molecular formula is C11H13N2PrS-. The van der Waals surface area contributed by atoms with Crippen molar-refractivity contribution in [1.82, 2.24) is 4.98 Å². The van der Waals surface area contributed by atoms with Crippen LogP contribution in [-0.4, -0.2) is 24.3 Å². The number of aromatic nitrogens is 1. The number of hydrogen-bond donors (Lipinski definition) is 0. The summed E-state index contributed by atoms with van der Waals surface area (Å²) in [6.45, 7) is 1.79. The molecule has 2 nitrogen and oxygen atoms in total. The molecule has 15 heavy (non-hydrogen) atoms. The first kappa shape index (κ1) is 13.6. The van der Waals surface area contributed by atoms with Gasteiger partial charge in [-0.1, -0.05) is 6.08 Å². The standard InChI is InChI=1S/C11H13N2S.Pr/c1-14-10-2-3-11(13-8-10)9-4-6-12-7-5-9;/h2-4,8H,5-7H2,1H3;/q-1;. The fourth-order valence-electron chi connectivity index (χ4n) is 1.49. The molecule has 0 atom stereocenters. The Bertz CT molecular complexity index is 335. The average molecular weight is 346 g/mol. The van der Waals surface area contributed by atoms with Crippen LogP contribution < -0.4 is 0 Å². The van der Waals surface area contributed by atoms with Crippen molar-refractivity contribution in [3.05, 3.63) is 35.4 Å².